The van der Waals surface area contributed by atoms with E-state index in [2.05, 4.69) is 6.92 Å². The third kappa shape index (κ3) is 7.31. The maximum absolute atomic E-state index is 11.8. The van der Waals surface area contributed by atoms with Gasteiger partial charge in [-0.2, -0.15) is 0 Å². The van der Waals surface area contributed by atoms with Gasteiger partial charge in [0.2, 0.25) is 0 Å². The molecule has 23 heavy (non-hydrogen) atoms. The fraction of sp³-hybridized carbons (Fsp3) is 0.579. The number of hydrogen-bond donors (Lipinski definition) is 0. The fourth-order valence-electron chi connectivity index (χ4n) is 2.25. The largest absolute Gasteiger partial charge is 0.462 e. The standard InChI is InChI=1S/C19H28O4/c1-5-8-17(14(2)3)23-19(21)12-11-18(20)22-13-16-10-7-6-9-15(16)4/h6-7,9-10,14,17H,5,8,11-13H2,1-4H3. The van der Waals surface area contributed by atoms with Crippen molar-refractivity contribution in [1.29, 1.82) is 0 Å². The van der Waals surface area contributed by atoms with Crippen molar-refractivity contribution in [2.75, 3.05) is 0 Å². The highest BCUT2D eigenvalue weighted by Crippen LogP contribution is 2.14. The molecular weight excluding hydrogens is 292 g/mol. The minimum atomic E-state index is -0.373. The summed E-state index contributed by atoms with van der Waals surface area (Å²) in [7, 11) is 0. The Morgan fingerprint density at radius 1 is 1.09 bits per heavy atom. The van der Waals surface area contributed by atoms with Gasteiger partial charge < -0.3 is 9.47 Å². The summed E-state index contributed by atoms with van der Waals surface area (Å²) < 4.78 is 10.7. The number of carbonyl (C=O) groups is 2. The van der Waals surface area contributed by atoms with E-state index in [1.165, 1.54) is 0 Å². The highest BCUT2D eigenvalue weighted by atomic mass is 16.5. The maximum atomic E-state index is 11.8. The number of benzene rings is 1. The van der Waals surface area contributed by atoms with Gasteiger partial charge in [0.25, 0.3) is 0 Å². The SMILES string of the molecule is CCCC(OC(=O)CCC(=O)OCc1ccccc1C)C(C)C. The van der Waals surface area contributed by atoms with Crippen LogP contribution in [0.4, 0.5) is 0 Å². The predicted molar refractivity (Wildman–Crippen MR) is 89.8 cm³/mol. The minimum Gasteiger partial charge on any atom is -0.462 e. The Hall–Kier alpha value is -1.84. The number of aryl methyl sites for hydroxylation is 1. The van der Waals surface area contributed by atoms with E-state index in [0.717, 1.165) is 24.0 Å². The van der Waals surface area contributed by atoms with Crippen molar-refractivity contribution in [3.8, 4) is 0 Å². The number of esters is 2. The van der Waals surface area contributed by atoms with Crippen LogP contribution in [0, 0.1) is 12.8 Å². The molecule has 0 amide bonds. The second kappa shape index (κ2) is 10.0. The molecule has 1 aromatic rings. The third-order valence-corrected chi connectivity index (χ3v) is 3.78. The Morgan fingerprint density at radius 2 is 1.74 bits per heavy atom. The Balaban J connectivity index is 2.32. The number of carbonyl (C=O) groups excluding carboxylic acids is 2. The van der Waals surface area contributed by atoms with Crippen molar-refractivity contribution in [2.45, 2.75) is 66.1 Å². The predicted octanol–water partition coefficient (Wildman–Crippen LogP) is 4.19. The van der Waals surface area contributed by atoms with Crippen LogP contribution in [0.15, 0.2) is 24.3 Å². The van der Waals surface area contributed by atoms with Crippen molar-refractivity contribution in [3.63, 3.8) is 0 Å². The Labute approximate surface area is 139 Å². The summed E-state index contributed by atoms with van der Waals surface area (Å²) >= 11 is 0. The molecule has 0 bridgehead atoms. The topological polar surface area (TPSA) is 52.6 Å². The highest BCUT2D eigenvalue weighted by Gasteiger charge is 2.18. The summed E-state index contributed by atoms with van der Waals surface area (Å²) in [6, 6.07) is 7.75. The highest BCUT2D eigenvalue weighted by molar-refractivity contribution is 5.77. The molecule has 0 spiro atoms. The summed E-state index contributed by atoms with van der Waals surface area (Å²) in [5.74, 6) is -0.418. The van der Waals surface area contributed by atoms with E-state index in [-0.39, 0.29) is 43.4 Å². The molecule has 1 aromatic carbocycles. The maximum Gasteiger partial charge on any atom is 0.306 e. The average molecular weight is 320 g/mol. The molecule has 0 aliphatic rings. The van der Waals surface area contributed by atoms with Crippen LogP contribution in [0.5, 0.6) is 0 Å². The lowest BCUT2D eigenvalue weighted by Gasteiger charge is -2.20. The van der Waals surface area contributed by atoms with E-state index in [4.69, 9.17) is 9.47 Å². The average Bonchev–Trinajstić information content (AvgIpc) is 2.51. The van der Waals surface area contributed by atoms with Gasteiger partial charge in [-0.3, -0.25) is 9.59 Å². The summed E-state index contributed by atoms with van der Waals surface area (Å²) in [6.45, 7) is 8.34. The van der Waals surface area contributed by atoms with Crippen LogP contribution in [0.3, 0.4) is 0 Å². The lowest BCUT2D eigenvalue weighted by Crippen LogP contribution is -2.24. The van der Waals surface area contributed by atoms with E-state index in [9.17, 15) is 9.59 Å². The van der Waals surface area contributed by atoms with Gasteiger partial charge in [-0.15, -0.1) is 0 Å². The first-order valence-corrected chi connectivity index (χ1v) is 8.33. The molecule has 0 aliphatic carbocycles. The van der Waals surface area contributed by atoms with E-state index < -0.39 is 0 Å². The first kappa shape index (κ1) is 19.2. The van der Waals surface area contributed by atoms with Crippen molar-refractivity contribution < 1.29 is 19.1 Å². The summed E-state index contributed by atoms with van der Waals surface area (Å²) in [5, 5.41) is 0. The lowest BCUT2D eigenvalue weighted by molar-refractivity contribution is -0.156. The van der Waals surface area contributed by atoms with Crippen LogP contribution in [-0.2, 0) is 25.7 Å². The second-order valence-electron chi connectivity index (χ2n) is 6.15. The van der Waals surface area contributed by atoms with Gasteiger partial charge in [0.05, 0.1) is 12.8 Å². The van der Waals surface area contributed by atoms with Crippen molar-refractivity contribution in [1.82, 2.24) is 0 Å². The molecule has 0 saturated heterocycles. The Bertz CT molecular complexity index is 508. The molecule has 0 fully saturated rings. The molecule has 4 nitrogen and oxygen atoms in total. The van der Waals surface area contributed by atoms with E-state index in [1.807, 2.05) is 45.0 Å². The Kier molecular flexibility index (Phi) is 8.38. The monoisotopic (exact) mass is 320 g/mol. The molecule has 0 radical (unpaired) electrons. The van der Waals surface area contributed by atoms with Gasteiger partial charge in [0.1, 0.15) is 12.7 Å². The van der Waals surface area contributed by atoms with Gasteiger partial charge in [0.15, 0.2) is 0 Å². The smallest absolute Gasteiger partial charge is 0.306 e. The number of rotatable bonds is 9. The first-order valence-electron chi connectivity index (χ1n) is 8.33. The molecule has 0 N–H and O–H groups in total. The molecule has 0 heterocycles. The normalized spacial score (nSPS) is 12.0. The van der Waals surface area contributed by atoms with Crippen LogP contribution in [0.1, 0.15) is 57.6 Å². The van der Waals surface area contributed by atoms with Crippen LogP contribution in [0.2, 0.25) is 0 Å². The first-order chi connectivity index (χ1) is 10.9. The van der Waals surface area contributed by atoms with Gasteiger partial charge >= 0.3 is 11.9 Å². The summed E-state index contributed by atoms with van der Waals surface area (Å²) in [4.78, 5) is 23.6. The molecule has 1 atom stereocenters. The summed E-state index contributed by atoms with van der Waals surface area (Å²) in [6.07, 6.45) is 1.87. The van der Waals surface area contributed by atoms with Gasteiger partial charge in [-0.25, -0.2) is 0 Å². The fourth-order valence-corrected chi connectivity index (χ4v) is 2.25. The van der Waals surface area contributed by atoms with Crippen molar-refractivity contribution >= 4 is 11.9 Å². The lowest BCUT2D eigenvalue weighted by atomic mass is 10.0. The van der Waals surface area contributed by atoms with Gasteiger partial charge in [0, 0.05) is 0 Å². The zero-order valence-corrected chi connectivity index (χ0v) is 14.6. The molecule has 0 aliphatic heterocycles. The number of hydrogen-bond acceptors (Lipinski definition) is 4. The summed E-state index contributed by atoms with van der Waals surface area (Å²) in [5.41, 5.74) is 2.06. The molecule has 0 aromatic heterocycles. The van der Waals surface area contributed by atoms with Crippen molar-refractivity contribution in [2.24, 2.45) is 5.92 Å². The Morgan fingerprint density at radius 3 is 2.35 bits per heavy atom. The molecular formula is C19H28O4. The molecule has 1 unspecified atom stereocenters. The second-order valence-corrected chi connectivity index (χ2v) is 6.15. The minimum absolute atomic E-state index is 0.0572. The van der Waals surface area contributed by atoms with Gasteiger partial charge in [-0.05, 0) is 30.4 Å². The zero-order chi connectivity index (χ0) is 17.2. The molecule has 1 rings (SSSR count). The number of ether oxygens (including phenoxy) is 2. The molecule has 4 heteroatoms. The molecule has 0 saturated carbocycles. The van der Waals surface area contributed by atoms with Crippen molar-refractivity contribution in [3.05, 3.63) is 35.4 Å². The zero-order valence-electron chi connectivity index (χ0n) is 14.6. The van der Waals surface area contributed by atoms with Crippen LogP contribution >= 0.6 is 0 Å². The van der Waals surface area contributed by atoms with Gasteiger partial charge in [-0.1, -0.05) is 51.5 Å². The van der Waals surface area contributed by atoms with E-state index >= 15 is 0 Å². The van der Waals surface area contributed by atoms with E-state index in [0.29, 0.717) is 0 Å². The van der Waals surface area contributed by atoms with Crippen LogP contribution < -0.4 is 0 Å². The third-order valence-electron chi connectivity index (χ3n) is 3.78. The molecule has 128 valence electrons. The van der Waals surface area contributed by atoms with Crippen LogP contribution in [0.25, 0.3) is 0 Å². The van der Waals surface area contributed by atoms with Crippen LogP contribution in [-0.4, -0.2) is 18.0 Å². The quantitative estimate of drug-likeness (QED) is 0.640. The van der Waals surface area contributed by atoms with E-state index in [1.54, 1.807) is 0 Å².